The van der Waals surface area contributed by atoms with Crippen LogP contribution in [0.1, 0.15) is 23.8 Å². The van der Waals surface area contributed by atoms with Crippen LogP contribution in [0.25, 0.3) is 0 Å². The molecular weight excluding hydrogens is 298 g/mol. The zero-order chi connectivity index (χ0) is 15.6. The van der Waals surface area contributed by atoms with Gasteiger partial charge in [0.15, 0.2) is 0 Å². The van der Waals surface area contributed by atoms with Crippen molar-refractivity contribution in [1.29, 1.82) is 0 Å². The Labute approximate surface area is 132 Å². The standard InChI is InChI=1S/C16H15N3O2S/c1-2-16(12-7-4-3-5-8-12)14(20)19(15(21)18-16)17-11-13-9-6-10-22-13/h3-11H,2H2,1H3,(H,18,21)/b17-11-/t16-/m0/s1. The summed E-state index contributed by atoms with van der Waals surface area (Å²) in [6.07, 6.45) is 1.99. The summed E-state index contributed by atoms with van der Waals surface area (Å²) in [6.45, 7) is 1.87. The van der Waals surface area contributed by atoms with Gasteiger partial charge in [-0.2, -0.15) is 5.10 Å². The number of hydrogen-bond acceptors (Lipinski definition) is 4. The summed E-state index contributed by atoms with van der Waals surface area (Å²) < 4.78 is 0. The fraction of sp³-hybridized carbons (Fsp3) is 0.188. The highest BCUT2D eigenvalue weighted by Gasteiger charge is 2.51. The van der Waals surface area contributed by atoms with E-state index in [9.17, 15) is 9.59 Å². The number of carbonyl (C=O) groups is 2. The van der Waals surface area contributed by atoms with E-state index < -0.39 is 11.6 Å². The summed E-state index contributed by atoms with van der Waals surface area (Å²) >= 11 is 1.49. The second-order valence-electron chi connectivity index (χ2n) is 4.93. The van der Waals surface area contributed by atoms with Gasteiger partial charge in [0.25, 0.3) is 5.91 Å². The predicted molar refractivity (Wildman–Crippen MR) is 85.7 cm³/mol. The molecule has 1 saturated heterocycles. The lowest BCUT2D eigenvalue weighted by atomic mass is 9.87. The summed E-state index contributed by atoms with van der Waals surface area (Å²) in [4.78, 5) is 25.8. The van der Waals surface area contributed by atoms with E-state index in [1.165, 1.54) is 17.6 Å². The van der Waals surface area contributed by atoms with E-state index in [-0.39, 0.29) is 5.91 Å². The molecule has 2 heterocycles. The molecule has 3 amide bonds. The number of thiophene rings is 1. The average molecular weight is 313 g/mol. The number of hydrazone groups is 1. The molecule has 1 N–H and O–H groups in total. The first kappa shape index (κ1) is 14.5. The van der Waals surface area contributed by atoms with E-state index in [4.69, 9.17) is 0 Å². The number of imide groups is 1. The molecule has 0 saturated carbocycles. The van der Waals surface area contributed by atoms with Crippen LogP contribution in [0.5, 0.6) is 0 Å². The van der Waals surface area contributed by atoms with Crippen LogP contribution in [0.4, 0.5) is 4.79 Å². The first-order chi connectivity index (χ1) is 10.7. The van der Waals surface area contributed by atoms with Gasteiger partial charge in [0.1, 0.15) is 5.54 Å². The van der Waals surface area contributed by atoms with Crippen LogP contribution < -0.4 is 5.32 Å². The average Bonchev–Trinajstić information content (AvgIpc) is 3.14. The van der Waals surface area contributed by atoms with Gasteiger partial charge in [-0.3, -0.25) is 4.79 Å². The Morgan fingerprint density at radius 2 is 2.00 bits per heavy atom. The Hall–Kier alpha value is -2.47. The van der Waals surface area contributed by atoms with Gasteiger partial charge in [-0.15, -0.1) is 16.3 Å². The molecule has 1 aromatic carbocycles. The van der Waals surface area contributed by atoms with Crippen molar-refractivity contribution in [2.24, 2.45) is 5.10 Å². The second-order valence-corrected chi connectivity index (χ2v) is 5.91. The van der Waals surface area contributed by atoms with Crippen molar-refractivity contribution in [3.8, 4) is 0 Å². The number of urea groups is 1. The summed E-state index contributed by atoms with van der Waals surface area (Å²) in [7, 11) is 0. The summed E-state index contributed by atoms with van der Waals surface area (Å²) in [6, 6.07) is 12.5. The lowest BCUT2D eigenvalue weighted by Gasteiger charge is -2.24. The minimum Gasteiger partial charge on any atom is -0.318 e. The van der Waals surface area contributed by atoms with Gasteiger partial charge in [0.2, 0.25) is 0 Å². The molecule has 22 heavy (non-hydrogen) atoms. The molecule has 3 rings (SSSR count). The first-order valence-corrected chi connectivity index (χ1v) is 7.85. The van der Waals surface area contributed by atoms with E-state index in [1.807, 2.05) is 54.8 Å². The SMILES string of the molecule is CC[C@@]1(c2ccccc2)NC(=O)N(/N=C\c2cccs2)C1=O. The highest BCUT2D eigenvalue weighted by Crippen LogP contribution is 2.32. The van der Waals surface area contributed by atoms with Gasteiger partial charge < -0.3 is 5.32 Å². The van der Waals surface area contributed by atoms with Gasteiger partial charge in [0, 0.05) is 4.88 Å². The first-order valence-electron chi connectivity index (χ1n) is 6.97. The van der Waals surface area contributed by atoms with Crippen molar-refractivity contribution in [3.05, 3.63) is 58.3 Å². The largest absolute Gasteiger partial charge is 0.346 e. The summed E-state index contributed by atoms with van der Waals surface area (Å²) in [5.74, 6) is -0.348. The van der Waals surface area contributed by atoms with E-state index in [0.717, 1.165) is 15.4 Å². The van der Waals surface area contributed by atoms with Crippen molar-refractivity contribution in [2.45, 2.75) is 18.9 Å². The van der Waals surface area contributed by atoms with Gasteiger partial charge in [0.05, 0.1) is 6.21 Å². The molecule has 1 fully saturated rings. The molecule has 2 aromatic rings. The molecular formula is C16H15N3O2S. The lowest BCUT2D eigenvalue weighted by molar-refractivity contribution is -0.131. The Bertz CT molecular complexity index is 712. The van der Waals surface area contributed by atoms with Gasteiger partial charge in [-0.05, 0) is 23.4 Å². The van der Waals surface area contributed by atoms with E-state index in [0.29, 0.717) is 6.42 Å². The van der Waals surface area contributed by atoms with Crippen LogP contribution in [0.2, 0.25) is 0 Å². The molecule has 5 nitrogen and oxygen atoms in total. The van der Waals surface area contributed by atoms with Crippen molar-refractivity contribution >= 4 is 29.5 Å². The number of nitrogens with zero attached hydrogens (tertiary/aromatic N) is 2. The third-order valence-corrected chi connectivity index (χ3v) is 4.52. The maximum atomic E-state index is 12.8. The maximum Gasteiger partial charge on any atom is 0.346 e. The van der Waals surface area contributed by atoms with Gasteiger partial charge in [-0.1, -0.05) is 43.3 Å². The predicted octanol–water partition coefficient (Wildman–Crippen LogP) is 2.94. The minimum absolute atomic E-state index is 0.348. The lowest BCUT2D eigenvalue weighted by Crippen LogP contribution is -2.43. The Morgan fingerprint density at radius 1 is 1.23 bits per heavy atom. The molecule has 0 aliphatic carbocycles. The molecule has 1 aliphatic rings. The van der Waals surface area contributed by atoms with Gasteiger partial charge in [-0.25, -0.2) is 4.79 Å². The Balaban J connectivity index is 1.93. The van der Waals surface area contributed by atoms with Crippen molar-refractivity contribution in [2.75, 3.05) is 0 Å². The molecule has 1 atom stereocenters. The van der Waals surface area contributed by atoms with Crippen LogP contribution in [0, 0.1) is 0 Å². The molecule has 1 aliphatic heterocycles. The van der Waals surface area contributed by atoms with Crippen LogP contribution in [-0.4, -0.2) is 23.2 Å². The monoisotopic (exact) mass is 313 g/mol. The van der Waals surface area contributed by atoms with Gasteiger partial charge >= 0.3 is 6.03 Å². The quantitative estimate of drug-likeness (QED) is 0.697. The minimum atomic E-state index is -1.04. The molecule has 0 bridgehead atoms. The van der Waals surface area contributed by atoms with Crippen LogP contribution in [-0.2, 0) is 10.3 Å². The van der Waals surface area contributed by atoms with Crippen LogP contribution in [0.3, 0.4) is 0 Å². The zero-order valence-corrected chi connectivity index (χ0v) is 12.8. The second kappa shape index (κ2) is 5.73. The normalized spacial score (nSPS) is 21.6. The van der Waals surface area contributed by atoms with Crippen molar-refractivity contribution in [1.82, 2.24) is 10.3 Å². The zero-order valence-electron chi connectivity index (χ0n) is 12.0. The van der Waals surface area contributed by atoms with E-state index in [1.54, 1.807) is 0 Å². The number of benzene rings is 1. The summed E-state index contributed by atoms with van der Waals surface area (Å²) in [5.41, 5.74) is -0.268. The third kappa shape index (κ3) is 2.31. The molecule has 112 valence electrons. The Morgan fingerprint density at radius 3 is 2.64 bits per heavy atom. The van der Waals surface area contributed by atoms with Crippen molar-refractivity contribution < 1.29 is 9.59 Å². The molecule has 0 spiro atoms. The number of amides is 3. The summed E-state index contributed by atoms with van der Waals surface area (Å²) in [5, 5.41) is 9.67. The number of hydrogen-bond donors (Lipinski definition) is 1. The smallest absolute Gasteiger partial charge is 0.318 e. The number of rotatable bonds is 4. The Kier molecular flexibility index (Phi) is 3.77. The van der Waals surface area contributed by atoms with Crippen LogP contribution in [0.15, 0.2) is 52.9 Å². The molecule has 0 radical (unpaired) electrons. The topological polar surface area (TPSA) is 61.8 Å². The highest BCUT2D eigenvalue weighted by atomic mass is 32.1. The van der Waals surface area contributed by atoms with E-state index in [2.05, 4.69) is 10.4 Å². The number of nitrogens with one attached hydrogen (secondary N) is 1. The van der Waals surface area contributed by atoms with E-state index >= 15 is 0 Å². The molecule has 0 unspecified atom stereocenters. The van der Waals surface area contributed by atoms with Crippen molar-refractivity contribution in [3.63, 3.8) is 0 Å². The fourth-order valence-electron chi connectivity index (χ4n) is 2.51. The van der Waals surface area contributed by atoms with Crippen LogP contribution >= 0.6 is 11.3 Å². The highest BCUT2D eigenvalue weighted by molar-refractivity contribution is 7.11. The number of carbonyl (C=O) groups excluding carboxylic acids is 2. The fourth-order valence-corrected chi connectivity index (χ4v) is 3.09. The molecule has 6 heteroatoms. The third-order valence-electron chi connectivity index (χ3n) is 3.71. The maximum absolute atomic E-state index is 12.8. The molecule has 1 aromatic heterocycles.